The molecule has 0 bridgehead atoms. The number of amides is 1. The number of carbonyl (C=O) groups is 1. The molecule has 1 amide bonds. The van der Waals surface area contributed by atoms with Crippen molar-refractivity contribution in [3.8, 4) is 0 Å². The summed E-state index contributed by atoms with van der Waals surface area (Å²) < 4.78 is 0. The van der Waals surface area contributed by atoms with Gasteiger partial charge in [0.05, 0.1) is 6.20 Å². The van der Waals surface area contributed by atoms with Crippen LogP contribution in [0.3, 0.4) is 0 Å². The third-order valence-electron chi connectivity index (χ3n) is 2.38. The Morgan fingerprint density at radius 2 is 2.25 bits per heavy atom. The molecule has 0 N–H and O–H groups in total. The van der Waals surface area contributed by atoms with Crippen LogP contribution in [0.25, 0.3) is 0 Å². The maximum Gasteiger partial charge on any atom is 0.228 e. The van der Waals surface area contributed by atoms with Crippen molar-refractivity contribution in [1.82, 2.24) is 9.97 Å². The minimum absolute atomic E-state index is 0.0395. The van der Waals surface area contributed by atoms with Crippen molar-refractivity contribution in [1.29, 1.82) is 0 Å². The topological polar surface area (TPSA) is 46.1 Å². The summed E-state index contributed by atoms with van der Waals surface area (Å²) in [5.74, 6) is 0.902. The van der Waals surface area contributed by atoms with E-state index in [9.17, 15) is 4.79 Å². The van der Waals surface area contributed by atoms with Crippen LogP contribution in [0.4, 0.5) is 5.82 Å². The van der Waals surface area contributed by atoms with Crippen LogP contribution >= 0.6 is 34.8 Å². The monoisotopic (exact) mass is 279 g/mol. The minimum Gasteiger partial charge on any atom is -0.295 e. The SMILES string of the molecule is O=C1CC(CCl)CN1c1nc(Cl)ncc1Cl. The second-order valence-corrected chi connectivity index (χ2v) is 4.59. The number of carbonyl (C=O) groups excluding carboxylic acids is 1. The van der Waals surface area contributed by atoms with Crippen molar-refractivity contribution < 1.29 is 4.79 Å². The van der Waals surface area contributed by atoms with Crippen LogP contribution in [0.2, 0.25) is 10.3 Å². The molecule has 1 aromatic heterocycles. The lowest BCUT2D eigenvalue weighted by molar-refractivity contribution is -0.117. The molecule has 0 aromatic carbocycles. The normalized spacial score (nSPS) is 20.6. The second-order valence-electron chi connectivity index (χ2n) is 3.54. The molecule has 0 radical (unpaired) electrons. The molecule has 0 saturated carbocycles. The van der Waals surface area contributed by atoms with Gasteiger partial charge in [0.1, 0.15) is 5.02 Å². The summed E-state index contributed by atoms with van der Waals surface area (Å²) in [6.45, 7) is 0.523. The molecule has 0 spiro atoms. The average molecular weight is 281 g/mol. The van der Waals surface area contributed by atoms with Crippen LogP contribution < -0.4 is 4.90 Å². The van der Waals surface area contributed by atoms with Gasteiger partial charge in [-0.25, -0.2) is 4.98 Å². The largest absolute Gasteiger partial charge is 0.295 e. The molecule has 7 heteroatoms. The molecule has 16 heavy (non-hydrogen) atoms. The molecule has 2 heterocycles. The fourth-order valence-electron chi connectivity index (χ4n) is 1.62. The van der Waals surface area contributed by atoms with Crippen molar-refractivity contribution >= 4 is 46.5 Å². The van der Waals surface area contributed by atoms with Crippen LogP contribution in [-0.4, -0.2) is 28.3 Å². The standard InChI is InChI=1S/C9H8Cl3N3O/c10-2-5-1-7(16)15(4-5)8-6(11)3-13-9(12)14-8/h3,5H,1-2,4H2. The van der Waals surface area contributed by atoms with Gasteiger partial charge in [-0.1, -0.05) is 11.6 Å². The molecule has 1 aliphatic heterocycles. The van der Waals surface area contributed by atoms with Gasteiger partial charge >= 0.3 is 0 Å². The Morgan fingerprint density at radius 3 is 2.88 bits per heavy atom. The quantitative estimate of drug-likeness (QED) is 0.617. The summed E-state index contributed by atoms with van der Waals surface area (Å²) in [5.41, 5.74) is 0. The Balaban J connectivity index is 2.30. The lowest BCUT2D eigenvalue weighted by atomic mass is 10.1. The molecule has 0 aliphatic carbocycles. The van der Waals surface area contributed by atoms with Gasteiger partial charge in [0.25, 0.3) is 0 Å². The van der Waals surface area contributed by atoms with Crippen LogP contribution in [0.1, 0.15) is 6.42 Å². The van der Waals surface area contributed by atoms with Gasteiger partial charge in [0.2, 0.25) is 11.2 Å². The first-order chi connectivity index (χ1) is 7.61. The first-order valence-corrected chi connectivity index (χ1v) is 5.95. The molecule has 1 saturated heterocycles. The Kier molecular flexibility index (Phi) is 3.52. The number of anilines is 1. The van der Waals surface area contributed by atoms with Gasteiger partial charge in [0.15, 0.2) is 5.82 Å². The Bertz CT molecular complexity index is 426. The van der Waals surface area contributed by atoms with Crippen LogP contribution in [-0.2, 0) is 4.79 Å². The Labute approximate surface area is 108 Å². The lowest BCUT2D eigenvalue weighted by Gasteiger charge is -2.16. The van der Waals surface area contributed by atoms with Crippen molar-refractivity contribution in [2.75, 3.05) is 17.3 Å². The summed E-state index contributed by atoms with van der Waals surface area (Å²) in [6, 6.07) is 0. The highest BCUT2D eigenvalue weighted by Gasteiger charge is 2.32. The smallest absolute Gasteiger partial charge is 0.228 e. The maximum atomic E-state index is 11.7. The van der Waals surface area contributed by atoms with E-state index in [1.807, 2.05) is 0 Å². The highest BCUT2D eigenvalue weighted by molar-refractivity contribution is 6.34. The molecular weight excluding hydrogens is 272 g/mol. The van der Waals surface area contributed by atoms with E-state index in [1.165, 1.54) is 11.1 Å². The van der Waals surface area contributed by atoms with E-state index >= 15 is 0 Å². The van der Waals surface area contributed by atoms with Crippen molar-refractivity contribution in [2.24, 2.45) is 5.92 Å². The number of halogens is 3. The number of hydrogen-bond donors (Lipinski definition) is 0. The minimum atomic E-state index is -0.0395. The molecule has 1 unspecified atom stereocenters. The molecule has 1 fully saturated rings. The molecule has 1 aliphatic rings. The van der Waals surface area contributed by atoms with Gasteiger partial charge in [0, 0.05) is 18.8 Å². The maximum absolute atomic E-state index is 11.7. The van der Waals surface area contributed by atoms with Gasteiger partial charge in [-0.2, -0.15) is 4.98 Å². The van der Waals surface area contributed by atoms with Gasteiger partial charge in [-0.15, -0.1) is 11.6 Å². The van der Waals surface area contributed by atoms with Crippen LogP contribution in [0, 0.1) is 5.92 Å². The molecular formula is C9H8Cl3N3O. The number of nitrogens with zero attached hydrogens (tertiary/aromatic N) is 3. The van der Waals surface area contributed by atoms with Crippen LogP contribution in [0.5, 0.6) is 0 Å². The highest BCUT2D eigenvalue weighted by Crippen LogP contribution is 2.30. The summed E-state index contributed by atoms with van der Waals surface area (Å²) in [5, 5.41) is 0.384. The summed E-state index contributed by atoms with van der Waals surface area (Å²) in [7, 11) is 0. The summed E-state index contributed by atoms with van der Waals surface area (Å²) in [6.07, 6.45) is 1.80. The molecule has 1 aromatic rings. The predicted octanol–water partition coefficient (Wildman–Crippen LogP) is 2.38. The summed E-state index contributed by atoms with van der Waals surface area (Å²) >= 11 is 17.3. The van der Waals surface area contributed by atoms with Crippen molar-refractivity contribution in [2.45, 2.75) is 6.42 Å². The Morgan fingerprint density at radius 1 is 1.50 bits per heavy atom. The number of alkyl halides is 1. The van der Waals surface area contributed by atoms with E-state index in [1.54, 1.807) is 0 Å². The fraction of sp³-hybridized carbons (Fsp3) is 0.444. The zero-order valence-corrected chi connectivity index (χ0v) is 10.4. The second kappa shape index (κ2) is 4.73. The lowest BCUT2D eigenvalue weighted by Crippen LogP contribution is -2.26. The first-order valence-electron chi connectivity index (χ1n) is 4.66. The summed E-state index contributed by atoms with van der Waals surface area (Å²) in [4.78, 5) is 20.9. The van der Waals surface area contributed by atoms with Gasteiger partial charge in [-0.3, -0.25) is 9.69 Å². The molecule has 86 valence electrons. The van der Waals surface area contributed by atoms with E-state index < -0.39 is 0 Å². The number of rotatable bonds is 2. The molecule has 2 rings (SSSR count). The molecule has 4 nitrogen and oxygen atoms in total. The molecule has 1 atom stereocenters. The average Bonchev–Trinajstić information content (AvgIpc) is 2.63. The number of hydrogen-bond acceptors (Lipinski definition) is 3. The van der Waals surface area contributed by atoms with Gasteiger partial charge < -0.3 is 0 Å². The van der Waals surface area contributed by atoms with E-state index in [-0.39, 0.29) is 17.1 Å². The first kappa shape index (κ1) is 11.9. The predicted molar refractivity (Wildman–Crippen MR) is 63.2 cm³/mol. The van der Waals surface area contributed by atoms with E-state index in [4.69, 9.17) is 34.8 Å². The van der Waals surface area contributed by atoms with E-state index in [0.29, 0.717) is 29.7 Å². The van der Waals surface area contributed by atoms with E-state index in [2.05, 4.69) is 9.97 Å². The zero-order valence-electron chi connectivity index (χ0n) is 8.16. The zero-order chi connectivity index (χ0) is 11.7. The van der Waals surface area contributed by atoms with E-state index in [0.717, 1.165) is 0 Å². The Hall–Kier alpha value is -0.580. The number of aromatic nitrogens is 2. The van der Waals surface area contributed by atoms with Crippen LogP contribution in [0.15, 0.2) is 6.20 Å². The van der Waals surface area contributed by atoms with Gasteiger partial charge in [-0.05, 0) is 17.5 Å². The third kappa shape index (κ3) is 2.24. The van der Waals surface area contributed by atoms with Crippen molar-refractivity contribution in [3.63, 3.8) is 0 Å². The van der Waals surface area contributed by atoms with Crippen molar-refractivity contribution in [3.05, 3.63) is 16.5 Å². The third-order valence-corrected chi connectivity index (χ3v) is 3.26. The fourth-order valence-corrected chi connectivity index (χ4v) is 2.14. The highest BCUT2D eigenvalue weighted by atomic mass is 35.5.